The van der Waals surface area contributed by atoms with E-state index in [1.807, 2.05) is 18.2 Å². The summed E-state index contributed by atoms with van der Waals surface area (Å²) in [7, 11) is 0. The van der Waals surface area contributed by atoms with Crippen molar-refractivity contribution in [2.24, 2.45) is 0 Å². The van der Waals surface area contributed by atoms with Gasteiger partial charge in [-0.05, 0) is 12.1 Å². The highest BCUT2D eigenvalue weighted by Crippen LogP contribution is 2.41. The first kappa shape index (κ1) is 11.5. The summed E-state index contributed by atoms with van der Waals surface area (Å²) < 4.78 is 3.21. The number of hydrogen-bond donors (Lipinski definition) is 1. The van der Waals surface area contributed by atoms with Crippen LogP contribution in [-0.2, 0) is 0 Å². The third kappa shape index (κ3) is 1.43. The maximum atomic E-state index is 12.4. The molecule has 100 valence electrons. The van der Waals surface area contributed by atoms with Crippen LogP contribution < -0.4 is 5.56 Å². The van der Waals surface area contributed by atoms with Crippen molar-refractivity contribution >= 4 is 63.1 Å². The van der Waals surface area contributed by atoms with E-state index in [1.165, 1.54) is 25.6 Å². The Hall–Kier alpha value is -2.17. The van der Waals surface area contributed by atoms with Gasteiger partial charge < -0.3 is 4.98 Å². The molecule has 5 aromatic rings. The fraction of sp³-hybridized carbons (Fsp3) is 0. The van der Waals surface area contributed by atoms with Gasteiger partial charge >= 0.3 is 0 Å². The van der Waals surface area contributed by atoms with E-state index < -0.39 is 0 Å². The van der Waals surface area contributed by atoms with Crippen LogP contribution in [0.25, 0.3) is 40.5 Å². The molecule has 3 heterocycles. The van der Waals surface area contributed by atoms with Gasteiger partial charge in [-0.3, -0.25) is 4.79 Å². The highest BCUT2D eigenvalue weighted by Gasteiger charge is 2.15. The molecule has 2 aromatic carbocycles. The quantitative estimate of drug-likeness (QED) is 0.423. The number of aromatic amines is 1. The van der Waals surface area contributed by atoms with E-state index in [9.17, 15) is 4.79 Å². The first-order valence-electron chi connectivity index (χ1n) is 6.68. The smallest absolute Gasteiger partial charge is 0.267 e. The summed E-state index contributed by atoms with van der Waals surface area (Å²) in [6.45, 7) is 0. The standard InChI is InChI=1S/C17H9NOS2/c19-16-15-13(9-5-1-3-7-11(9)20-15)14-10-6-2-4-8-12(10)21-17(14)18-16/h1-8H,(H,18,19). The van der Waals surface area contributed by atoms with E-state index in [0.29, 0.717) is 0 Å². The maximum Gasteiger partial charge on any atom is 0.267 e. The largest absolute Gasteiger partial charge is 0.312 e. The van der Waals surface area contributed by atoms with Crippen molar-refractivity contribution in [1.82, 2.24) is 4.98 Å². The van der Waals surface area contributed by atoms with Gasteiger partial charge in [-0.25, -0.2) is 0 Å². The molecular formula is C17H9NOS2. The first-order chi connectivity index (χ1) is 10.3. The minimum absolute atomic E-state index is 0.0188. The number of thiophene rings is 2. The Balaban J connectivity index is 2.24. The Kier molecular flexibility index (Phi) is 2.15. The highest BCUT2D eigenvalue weighted by molar-refractivity contribution is 7.27. The number of nitrogens with one attached hydrogen (secondary N) is 1. The Morgan fingerprint density at radius 2 is 1.38 bits per heavy atom. The molecule has 0 aliphatic carbocycles. The van der Waals surface area contributed by atoms with Gasteiger partial charge in [0.25, 0.3) is 5.56 Å². The maximum absolute atomic E-state index is 12.4. The Bertz CT molecular complexity index is 1210. The van der Waals surface area contributed by atoms with Gasteiger partial charge in [0.1, 0.15) is 9.53 Å². The third-order valence-corrected chi connectivity index (χ3v) is 6.13. The van der Waals surface area contributed by atoms with Crippen LogP contribution in [0.2, 0.25) is 0 Å². The zero-order valence-corrected chi connectivity index (χ0v) is 12.5. The molecule has 0 unspecified atom stereocenters. The van der Waals surface area contributed by atoms with Crippen LogP contribution in [0.4, 0.5) is 0 Å². The van der Waals surface area contributed by atoms with Gasteiger partial charge in [0.05, 0.1) is 0 Å². The van der Waals surface area contributed by atoms with E-state index in [2.05, 4.69) is 35.3 Å². The lowest BCUT2D eigenvalue weighted by Gasteiger charge is -1.96. The number of H-pyrrole nitrogens is 1. The molecule has 2 nitrogen and oxygen atoms in total. The third-order valence-electron chi connectivity index (χ3n) is 3.87. The summed E-state index contributed by atoms with van der Waals surface area (Å²) >= 11 is 3.23. The van der Waals surface area contributed by atoms with Crippen molar-refractivity contribution in [2.75, 3.05) is 0 Å². The van der Waals surface area contributed by atoms with Crippen LogP contribution in [0, 0.1) is 0 Å². The average molecular weight is 307 g/mol. The molecule has 5 rings (SSSR count). The predicted octanol–water partition coefficient (Wildman–Crippen LogP) is 5.11. The van der Waals surface area contributed by atoms with Crippen LogP contribution in [0.3, 0.4) is 0 Å². The molecule has 0 aliphatic rings. The molecule has 0 atom stereocenters. The second kappa shape index (κ2) is 3.93. The molecule has 21 heavy (non-hydrogen) atoms. The van der Waals surface area contributed by atoms with E-state index in [1.54, 1.807) is 22.7 Å². The van der Waals surface area contributed by atoms with Crippen molar-refractivity contribution in [3.63, 3.8) is 0 Å². The zero-order valence-electron chi connectivity index (χ0n) is 10.8. The monoisotopic (exact) mass is 307 g/mol. The molecule has 0 fully saturated rings. The molecule has 0 bridgehead atoms. The van der Waals surface area contributed by atoms with Crippen LogP contribution in [0.5, 0.6) is 0 Å². The Morgan fingerprint density at radius 1 is 0.762 bits per heavy atom. The highest BCUT2D eigenvalue weighted by atomic mass is 32.1. The van der Waals surface area contributed by atoms with Crippen molar-refractivity contribution in [3.05, 3.63) is 58.9 Å². The second-order valence-corrected chi connectivity index (χ2v) is 7.16. The second-order valence-electron chi connectivity index (χ2n) is 5.06. The van der Waals surface area contributed by atoms with Crippen molar-refractivity contribution in [1.29, 1.82) is 0 Å². The van der Waals surface area contributed by atoms with Crippen LogP contribution in [-0.4, -0.2) is 4.98 Å². The Morgan fingerprint density at radius 3 is 2.14 bits per heavy atom. The van der Waals surface area contributed by atoms with Gasteiger partial charge in [0, 0.05) is 30.9 Å². The summed E-state index contributed by atoms with van der Waals surface area (Å²) in [6, 6.07) is 16.6. The van der Waals surface area contributed by atoms with E-state index >= 15 is 0 Å². The number of benzene rings is 2. The molecule has 0 spiro atoms. The normalized spacial score (nSPS) is 12.0. The average Bonchev–Trinajstić information content (AvgIpc) is 3.05. The summed E-state index contributed by atoms with van der Waals surface area (Å²) in [5.74, 6) is 0. The van der Waals surface area contributed by atoms with Crippen molar-refractivity contribution in [3.8, 4) is 0 Å². The zero-order chi connectivity index (χ0) is 14.0. The van der Waals surface area contributed by atoms with Gasteiger partial charge in [-0.15, -0.1) is 22.7 Å². The molecule has 0 aliphatic heterocycles. The van der Waals surface area contributed by atoms with E-state index in [-0.39, 0.29) is 5.56 Å². The first-order valence-corrected chi connectivity index (χ1v) is 8.31. The van der Waals surface area contributed by atoms with E-state index in [4.69, 9.17) is 0 Å². The molecule has 0 amide bonds. The summed E-state index contributed by atoms with van der Waals surface area (Å²) in [4.78, 5) is 16.4. The molecule has 1 N–H and O–H groups in total. The minimum Gasteiger partial charge on any atom is -0.312 e. The molecular weight excluding hydrogens is 298 g/mol. The van der Waals surface area contributed by atoms with Crippen molar-refractivity contribution in [2.45, 2.75) is 0 Å². The van der Waals surface area contributed by atoms with E-state index in [0.717, 1.165) is 14.9 Å². The summed E-state index contributed by atoms with van der Waals surface area (Å²) in [6.07, 6.45) is 0. The van der Waals surface area contributed by atoms with Gasteiger partial charge in [0.15, 0.2) is 0 Å². The number of rotatable bonds is 0. The van der Waals surface area contributed by atoms with Gasteiger partial charge in [-0.2, -0.15) is 0 Å². The summed E-state index contributed by atoms with van der Waals surface area (Å²) in [5.41, 5.74) is 0.0188. The number of pyridine rings is 1. The molecule has 3 aromatic heterocycles. The topological polar surface area (TPSA) is 32.9 Å². The van der Waals surface area contributed by atoms with Gasteiger partial charge in [0.2, 0.25) is 0 Å². The lowest BCUT2D eigenvalue weighted by Crippen LogP contribution is -2.02. The SMILES string of the molecule is O=c1[nH]c2sc3ccccc3c2c2c1sc1ccccc12. The number of aromatic nitrogens is 1. The molecule has 0 radical (unpaired) electrons. The number of hydrogen-bond acceptors (Lipinski definition) is 3. The van der Waals surface area contributed by atoms with Crippen LogP contribution in [0.1, 0.15) is 0 Å². The lowest BCUT2D eigenvalue weighted by atomic mass is 10.1. The van der Waals surface area contributed by atoms with Crippen LogP contribution >= 0.6 is 22.7 Å². The molecule has 0 saturated carbocycles. The number of fused-ring (bicyclic) bond motifs is 7. The Labute approximate surface area is 127 Å². The predicted molar refractivity (Wildman–Crippen MR) is 92.8 cm³/mol. The lowest BCUT2D eigenvalue weighted by molar-refractivity contribution is 1.38. The molecule has 4 heteroatoms. The fourth-order valence-electron chi connectivity index (χ4n) is 3.00. The van der Waals surface area contributed by atoms with Crippen molar-refractivity contribution < 1.29 is 0 Å². The summed E-state index contributed by atoms with van der Waals surface area (Å²) in [5, 5.41) is 4.69. The van der Waals surface area contributed by atoms with Gasteiger partial charge in [-0.1, -0.05) is 36.4 Å². The van der Waals surface area contributed by atoms with Crippen LogP contribution in [0.15, 0.2) is 53.3 Å². The molecule has 0 saturated heterocycles. The minimum atomic E-state index is 0.0188. The fourth-order valence-corrected chi connectivity index (χ4v) is 5.20.